The smallest absolute Gasteiger partial charge is 0.406 e. The summed E-state index contributed by atoms with van der Waals surface area (Å²) in [5, 5.41) is 1.20. The van der Waals surface area contributed by atoms with Gasteiger partial charge in [0.05, 0.1) is 17.1 Å². The lowest BCUT2D eigenvalue weighted by molar-refractivity contribution is -0.274. The third-order valence-corrected chi connectivity index (χ3v) is 6.84. The average molecular weight is 578 g/mol. The van der Waals surface area contributed by atoms with E-state index in [0.717, 1.165) is 17.7 Å². The Kier molecular flexibility index (Phi) is 8.26. The second-order valence-electron chi connectivity index (χ2n) is 8.56. The van der Waals surface area contributed by atoms with Crippen LogP contribution in [-0.4, -0.2) is 26.4 Å². The van der Waals surface area contributed by atoms with Crippen LogP contribution in [0.4, 0.5) is 27.6 Å². The Morgan fingerprint density at radius 3 is 2.33 bits per heavy atom. The molecule has 3 aromatic carbocycles. The predicted molar refractivity (Wildman–Crippen MR) is 143 cm³/mol. The van der Waals surface area contributed by atoms with Crippen molar-refractivity contribution in [1.29, 1.82) is 0 Å². The van der Waals surface area contributed by atoms with Crippen LogP contribution in [0.2, 0.25) is 0 Å². The summed E-state index contributed by atoms with van der Waals surface area (Å²) in [6.45, 7) is 1.56. The van der Waals surface area contributed by atoms with Gasteiger partial charge in [0.1, 0.15) is 17.3 Å². The molecular weight excluding hydrogens is 553 g/mol. The standard InChI is InChI=1S/C27H24F5N5O2S/c1-16-35-22(26(28)29)15-36(16)23-11-8-19(18-4-3-5-21(12-18)40(2)38)13-24(23)37(34)25(14-33)17-6-9-20(10-7-17)39-27(30,31)32/h3-15,26H,33-34H2,1-2H3/b25-14-. The molecule has 40 heavy (non-hydrogen) atoms. The molecular formula is C27H24F5N5O2S. The number of imidazole rings is 1. The number of benzene rings is 3. The van der Waals surface area contributed by atoms with Crippen LogP contribution in [0.3, 0.4) is 0 Å². The first-order chi connectivity index (χ1) is 18.9. The summed E-state index contributed by atoms with van der Waals surface area (Å²) < 4.78 is 82.1. The Bertz CT molecular complexity index is 1570. The van der Waals surface area contributed by atoms with E-state index in [1.54, 1.807) is 49.6 Å². The fraction of sp³-hybridized carbons (Fsp3) is 0.148. The molecule has 1 unspecified atom stereocenters. The van der Waals surface area contributed by atoms with Crippen LogP contribution in [0.1, 0.15) is 23.5 Å². The first kappa shape index (κ1) is 28.8. The number of rotatable bonds is 8. The molecule has 4 rings (SSSR count). The van der Waals surface area contributed by atoms with Gasteiger partial charge in [0, 0.05) is 39.9 Å². The van der Waals surface area contributed by atoms with Gasteiger partial charge in [-0.1, -0.05) is 18.2 Å². The van der Waals surface area contributed by atoms with Gasteiger partial charge in [0.25, 0.3) is 6.43 Å². The number of nitrogens with two attached hydrogens (primary N) is 2. The number of aryl methyl sites for hydroxylation is 1. The zero-order valence-electron chi connectivity index (χ0n) is 21.2. The van der Waals surface area contributed by atoms with E-state index in [-0.39, 0.29) is 11.5 Å². The molecule has 210 valence electrons. The number of anilines is 1. The monoisotopic (exact) mass is 577 g/mol. The molecule has 0 amide bonds. The largest absolute Gasteiger partial charge is 0.573 e. The Labute approximate surface area is 228 Å². The summed E-state index contributed by atoms with van der Waals surface area (Å²) in [6.07, 6.45) is -3.73. The van der Waals surface area contributed by atoms with Gasteiger partial charge in [-0.15, -0.1) is 13.2 Å². The molecule has 0 fully saturated rings. The van der Waals surface area contributed by atoms with Crippen LogP contribution >= 0.6 is 0 Å². The number of ether oxygens (including phenoxy) is 1. The van der Waals surface area contributed by atoms with Gasteiger partial charge in [-0.3, -0.25) is 9.22 Å². The molecule has 1 aromatic heterocycles. The molecule has 0 aliphatic rings. The number of alkyl halides is 5. The van der Waals surface area contributed by atoms with E-state index in [1.807, 2.05) is 6.07 Å². The quantitative estimate of drug-likeness (QED) is 0.150. The molecule has 0 aliphatic heterocycles. The highest BCUT2D eigenvalue weighted by Crippen LogP contribution is 2.35. The van der Waals surface area contributed by atoms with Crippen molar-refractivity contribution in [3.63, 3.8) is 0 Å². The zero-order chi connectivity index (χ0) is 29.2. The Balaban J connectivity index is 1.83. The first-order valence-corrected chi connectivity index (χ1v) is 13.2. The Morgan fingerprint density at radius 2 is 1.75 bits per heavy atom. The molecule has 4 aromatic rings. The zero-order valence-corrected chi connectivity index (χ0v) is 22.0. The molecule has 0 saturated carbocycles. The van der Waals surface area contributed by atoms with E-state index in [0.29, 0.717) is 27.4 Å². The van der Waals surface area contributed by atoms with Crippen molar-refractivity contribution in [2.45, 2.75) is 24.6 Å². The highest BCUT2D eigenvalue weighted by molar-refractivity contribution is 7.84. The predicted octanol–water partition coefficient (Wildman–Crippen LogP) is 6.06. The van der Waals surface area contributed by atoms with Crippen LogP contribution in [0.25, 0.3) is 22.5 Å². The lowest BCUT2D eigenvalue weighted by Crippen LogP contribution is -2.31. The van der Waals surface area contributed by atoms with Gasteiger partial charge >= 0.3 is 6.36 Å². The van der Waals surface area contributed by atoms with Crippen molar-refractivity contribution in [3.05, 3.63) is 96.2 Å². The van der Waals surface area contributed by atoms with Crippen LogP contribution < -0.4 is 21.3 Å². The van der Waals surface area contributed by atoms with Crippen molar-refractivity contribution in [1.82, 2.24) is 9.55 Å². The van der Waals surface area contributed by atoms with Crippen molar-refractivity contribution in [3.8, 4) is 22.6 Å². The number of hydrogen-bond acceptors (Lipinski definition) is 6. The van der Waals surface area contributed by atoms with E-state index in [2.05, 4.69) is 9.72 Å². The maximum absolute atomic E-state index is 13.4. The van der Waals surface area contributed by atoms with E-state index in [4.69, 9.17) is 11.6 Å². The molecule has 0 spiro atoms. The van der Waals surface area contributed by atoms with Crippen LogP contribution in [0.15, 0.2) is 84.0 Å². The lowest BCUT2D eigenvalue weighted by atomic mass is 10.0. The molecule has 0 aliphatic carbocycles. The summed E-state index contributed by atoms with van der Waals surface area (Å²) in [5.41, 5.74) is 8.11. The summed E-state index contributed by atoms with van der Waals surface area (Å²) in [6, 6.07) is 17.1. The molecule has 13 heteroatoms. The van der Waals surface area contributed by atoms with Gasteiger partial charge in [-0.05, 0) is 66.6 Å². The van der Waals surface area contributed by atoms with Crippen molar-refractivity contribution in [2.75, 3.05) is 11.3 Å². The summed E-state index contributed by atoms with van der Waals surface area (Å²) in [5.74, 6) is 6.39. The van der Waals surface area contributed by atoms with Gasteiger partial charge < -0.3 is 15.0 Å². The minimum absolute atomic E-state index is 0.201. The van der Waals surface area contributed by atoms with E-state index in [1.165, 1.54) is 34.1 Å². The van der Waals surface area contributed by atoms with Crippen molar-refractivity contribution < 1.29 is 30.9 Å². The summed E-state index contributed by atoms with van der Waals surface area (Å²) in [7, 11) is -1.23. The molecule has 7 nitrogen and oxygen atoms in total. The number of nitrogens with zero attached hydrogens (tertiary/aromatic N) is 3. The first-order valence-electron chi connectivity index (χ1n) is 11.6. The number of halogens is 5. The van der Waals surface area contributed by atoms with Crippen LogP contribution in [-0.2, 0) is 10.8 Å². The fourth-order valence-electron chi connectivity index (χ4n) is 4.07. The number of aromatic nitrogens is 2. The molecule has 1 atom stereocenters. The third-order valence-electron chi connectivity index (χ3n) is 5.92. The highest BCUT2D eigenvalue weighted by atomic mass is 32.2. The second kappa shape index (κ2) is 11.5. The highest BCUT2D eigenvalue weighted by Gasteiger charge is 2.31. The molecule has 0 saturated heterocycles. The molecule has 0 bridgehead atoms. The summed E-state index contributed by atoms with van der Waals surface area (Å²) in [4.78, 5) is 4.54. The van der Waals surface area contributed by atoms with Gasteiger partial charge in [0.2, 0.25) is 0 Å². The fourth-order valence-corrected chi connectivity index (χ4v) is 4.63. The molecule has 0 radical (unpaired) electrons. The summed E-state index contributed by atoms with van der Waals surface area (Å²) >= 11 is 0. The van der Waals surface area contributed by atoms with Crippen molar-refractivity contribution >= 4 is 22.2 Å². The van der Waals surface area contributed by atoms with Crippen molar-refractivity contribution in [2.24, 2.45) is 11.6 Å². The topological polar surface area (TPSA) is 99.4 Å². The van der Waals surface area contributed by atoms with Gasteiger partial charge in [-0.2, -0.15) is 0 Å². The SMILES string of the molecule is Cc1nc(C(F)F)cn1-c1ccc(-c2cccc(S(C)=O)c2)cc1N(N)/C(=C\N)c1ccc(OC(F)(F)F)cc1. The van der Waals surface area contributed by atoms with Gasteiger partial charge in [0.15, 0.2) is 0 Å². The Hall–Kier alpha value is -4.23. The minimum atomic E-state index is -4.86. The minimum Gasteiger partial charge on any atom is -0.406 e. The molecule has 4 N–H and O–H groups in total. The molecule has 1 heterocycles. The third kappa shape index (κ3) is 6.32. The normalized spacial score (nSPS) is 13.0. The van der Waals surface area contributed by atoms with Crippen LogP contribution in [0.5, 0.6) is 5.75 Å². The van der Waals surface area contributed by atoms with E-state index >= 15 is 0 Å². The van der Waals surface area contributed by atoms with Crippen LogP contribution in [0, 0.1) is 6.92 Å². The lowest BCUT2D eigenvalue weighted by Gasteiger charge is -2.26. The van der Waals surface area contributed by atoms with E-state index in [9.17, 15) is 26.2 Å². The second-order valence-corrected chi connectivity index (χ2v) is 9.94. The maximum Gasteiger partial charge on any atom is 0.573 e. The average Bonchev–Trinajstić information content (AvgIpc) is 3.30. The number of hydrazine groups is 1. The maximum atomic E-state index is 13.4. The van der Waals surface area contributed by atoms with Gasteiger partial charge in [-0.25, -0.2) is 19.6 Å². The van der Waals surface area contributed by atoms with E-state index < -0.39 is 35.0 Å². The number of hydrogen-bond donors (Lipinski definition) is 2. The Morgan fingerprint density at radius 1 is 1.07 bits per heavy atom.